The second-order valence-electron chi connectivity index (χ2n) is 4.15. The van der Waals surface area contributed by atoms with E-state index in [1.807, 2.05) is 12.1 Å². The molecule has 0 spiro atoms. The zero-order valence-electron chi connectivity index (χ0n) is 10.0. The Hall–Kier alpha value is -1.78. The molecule has 1 aromatic heterocycles. The highest BCUT2D eigenvalue weighted by molar-refractivity contribution is 6.31. The highest BCUT2D eigenvalue weighted by Gasteiger charge is 2.13. The van der Waals surface area contributed by atoms with Crippen LogP contribution in [-0.4, -0.2) is 9.78 Å². The van der Waals surface area contributed by atoms with E-state index in [0.717, 1.165) is 5.69 Å². The highest BCUT2D eigenvalue weighted by Crippen LogP contribution is 2.23. The van der Waals surface area contributed by atoms with Crippen LogP contribution in [0.5, 0.6) is 0 Å². The molecule has 0 bridgehead atoms. The third-order valence-corrected chi connectivity index (χ3v) is 2.58. The summed E-state index contributed by atoms with van der Waals surface area (Å²) in [5, 5.41) is 22.2. The van der Waals surface area contributed by atoms with E-state index in [0.29, 0.717) is 23.2 Å². The predicted molar refractivity (Wildman–Crippen MR) is 66.0 cm³/mol. The van der Waals surface area contributed by atoms with Gasteiger partial charge in [0.2, 0.25) is 0 Å². The molecule has 0 fully saturated rings. The number of hydrogen-bond acceptors (Lipinski definition) is 3. The van der Waals surface area contributed by atoms with E-state index in [2.05, 4.69) is 18.9 Å². The Labute approximate surface area is 106 Å². The Balaban J connectivity index is 3.20. The SMILES string of the molecule is Cc1nn(CC(C)C)c(Cl)c1C=C(C#N)C#N. The predicted octanol–water partition coefficient (Wildman–Crippen LogP) is 2.93. The molecule has 0 saturated carbocycles. The summed E-state index contributed by atoms with van der Waals surface area (Å²) in [6.07, 6.45) is 1.47. The topological polar surface area (TPSA) is 65.4 Å². The summed E-state index contributed by atoms with van der Waals surface area (Å²) in [5.74, 6) is 0.426. The first-order valence-electron chi connectivity index (χ1n) is 5.24. The first kappa shape index (κ1) is 13.3. The van der Waals surface area contributed by atoms with Gasteiger partial charge in [0.1, 0.15) is 22.9 Å². The number of aromatic nitrogens is 2. The van der Waals surface area contributed by atoms with Crippen molar-refractivity contribution < 1.29 is 0 Å². The van der Waals surface area contributed by atoms with E-state index in [-0.39, 0.29) is 5.57 Å². The third kappa shape index (κ3) is 3.09. The minimum absolute atomic E-state index is 0.0269. The fraction of sp³-hybridized carbons (Fsp3) is 0.417. The molecular weight excluding hydrogens is 236 g/mol. The van der Waals surface area contributed by atoms with Crippen LogP contribution in [0.15, 0.2) is 5.57 Å². The van der Waals surface area contributed by atoms with E-state index in [1.165, 1.54) is 6.08 Å². The Morgan fingerprint density at radius 2 is 2.06 bits per heavy atom. The number of aryl methyl sites for hydroxylation is 1. The largest absolute Gasteiger partial charge is 0.253 e. The molecule has 17 heavy (non-hydrogen) atoms. The van der Waals surface area contributed by atoms with Crippen molar-refractivity contribution in [1.29, 1.82) is 10.5 Å². The van der Waals surface area contributed by atoms with E-state index < -0.39 is 0 Å². The number of halogens is 1. The van der Waals surface area contributed by atoms with Gasteiger partial charge in [-0.1, -0.05) is 25.4 Å². The molecule has 0 amide bonds. The fourth-order valence-electron chi connectivity index (χ4n) is 1.43. The van der Waals surface area contributed by atoms with E-state index in [9.17, 15) is 0 Å². The fourth-order valence-corrected chi connectivity index (χ4v) is 1.73. The van der Waals surface area contributed by atoms with Gasteiger partial charge >= 0.3 is 0 Å². The maximum absolute atomic E-state index is 8.71. The lowest BCUT2D eigenvalue weighted by Crippen LogP contribution is -2.06. The maximum atomic E-state index is 8.71. The highest BCUT2D eigenvalue weighted by atomic mass is 35.5. The molecule has 0 saturated heterocycles. The van der Waals surface area contributed by atoms with Gasteiger partial charge in [0.05, 0.1) is 5.69 Å². The van der Waals surface area contributed by atoms with Crippen molar-refractivity contribution in [2.24, 2.45) is 5.92 Å². The van der Waals surface area contributed by atoms with Gasteiger partial charge in [0.25, 0.3) is 0 Å². The first-order chi connectivity index (χ1) is 7.99. The molecule has 1 rings (SSSR count). The molecule has 0 aliphatic heterocycles. The number of nitriles is 2. The zero-order valence-corrected chi connectivity index (χ0v) is 10.8. The minimum Gasteiger partial charge on any atom is -0.253 e. The van der Waals surface area contributed by atoms with E-state index >= 15 is 0 Å². The van der Waals surface area contributed by atoms with Crippen LogP contribution >= 0.6 is 11.6 Å². The van der Waals surface area contributed by atoms with Crippen LogP contribution in [0.1, 0.15) is 25.1 Å². The normalized spacial score (nSPS) is 9.82. The smallest absolute Gasteiger partial charge is 0.134 e. The molecule has 4 nitrogen and oxygen atoms in total. The van der Waals surface area contributed by atoms with Crippen molar-refractivity contribution in [2.75, 3.05) is 0 Å². The van der Waals surface area contributed by atoms with Crippen LogP contribution in [0.4, 0.5) is 0 Å². The lowest BCUT2D eigenvalue weighted by molar-refractivity contribution is 0.482. The Morgan fingerprint density at radius 1 is 1.47 bits per heavy atom. The summed E-state index contributed by atoms with van der Waals surface area (Å²) in [7, 11) is 0. The molecule has 1 aromatic rings. The average Bonchev–Trinajstić information content (AvgIpc) is 2.51. The average molecular weight is 249 g/mol. The molecule has 88 valence electrons. The molecule has 0 aromatic carbocycles. The van der Waals surface area contributed by atoms with Gasteiger partial charge in [-0.05, 0) is 18.9 Å². The molecule has 0 aliphatic carbocycles. The van der Waals surface area contributed by atoms with Crippen LogP contribution in [0.3, 0.4) is 0 Å². The first-order valence-corrected chi connectivity index (χ1v) is 5.62. The number of hydrogen-bond donors (Lipinski definition) is 0. The molecule has 0 unspecified atom stereocenters. The van der Waals surface area contributed by atoms with Gasteiger partial charge in [0.15, 0.2) is 0 Å². The van der Waals surface area contributed by atoms with Crippen LogP contribution in [0.25, 0.3) is 6.08 Å². The van der Waals surface area contributed by atoms with Gasteiger partial charge < -0.3 is 0 Å². The maximum Gasteiger partial charge on any atom is 0.134 e. The monoisotopic (exact) mass is 248 g/mol. The summed E-state index contributed by atoms with van der Waals surface area (Å²) >= 11 is 6.17. The Bertz CT molecular complexity index is 510. The van der Waals surface area contributed by atoms with Crippen LogP contribution in [0.2, 0.25) is 5.15 Å². The van der Waals surface area contributed by atoms with Gasteiger partial charge in [-0.3, -0.25) is 4.68 Å². The molecule has 0 aliphatic rings. The lowest BCUT2D eigenvalue weighted by Gasteiger charge is -2.05. The standard InChI is InChI=1S/C12H13ClN4/c1-8(2)7-17-12(13)11(9(3)16-17)4-10(5-14)6-15/h4,8H,7H2,1-3H3. The van der Waals surface area contributed by atoms with Crippen molar-refractivity contribution in [2.45, 2.75) is 27.3 Å². The van der Waals surface area contributed by atoms with Crippen LogP contribution < -0.4 is 0 Å². The summed E-state index contributed by atoms with van der Waals surface area (Å²) < 4.78 is 1.69. The number of nitrogens with zero attached hydrogens (tertiary/aromatic N) is 4. The quantitative estimate of drug-likeness (QED) is 0.773. The van der Waals surface area contributed by atoms with Crippen molar-refractivity contribution in [3.05, 3.63) is 22.0 Å². The molecule has 0 N–H and O–H groups in total. The summed E-state index contributed by atoms with van der Waals surface area (Å²) in [5.41, 5.74) is 1.39. The van der Waals surface area contributed by atoms with Gasteiger partial charge in [-0.25, -0.2) is 0 Å². The van der Waals surface area contributed by atoms with Crippen LogP contribution in [-0.2, 0) is 6.54 Å². The second-order valence-corrected chi connectivity index (χ2v) is 4.51. The zero-order chi connectivity index (χ0) is 13.0. The van der Waals surface area contributed by atoms with Crippen molar-refractivity contribution >= 4 is 17.7 Å². The molecular formula is C12H13ClN4. The van der Waals surface area contributed by atoms with Crippen molar-refractivity contribution in [1.82, 2.24) is 9.78 Å². The number of allylic oxidation sites excluding steroid dienone is 1. The summed E-state index contributed by atoms with van der Waals surface area (Å²) in [6.45, 7) is 6.65. The third-order valence-electron chi connectivity index (χ3n) is 2.18. The van der Waals surface area contributed by atoms with Gasteiger partial charge in [-0.15, -0.1) is 0 Å². The Morgan fingerprint density at radius 3 is 2.53 bits per heavy atom. The van der Waals surface area contributed by atoms with Crippen molar-refractivity contribution in [3.8, 4) is 12.1 Å². The molecule has 0 atom stereocenters. The second kappa shape index (κ2) is 5.52. The van der Waals surface area contributed by atoms with Gasteiger partial charge in [-0.2, -0.15) is 15.6 Å². The van der Waals surface area contributed by atoms with Crippen LogP contribution in [0, 0.1) is 35.5 Å². The van der Waals surface area contributed by atoms with E-state index in [1.54, 1.807) is 11.6 Å². The molecule has 1 heterocycles. The minimum atomic E-state index is 0.0269. The Kier molecular flexibility index (Phi) is 4.31. The molecule has 5 heteroatoms. The summed E-state index contributed by atoms with van der Waals surface area (Å²) in [4.78, 5) is 0. The number of rotatable bonds is 3. The van der Waals surface area contributed by atoms with E-state index in [4.69, 9.17) is 22.1 Å². The molecule has 0 radical (unpaired) electrons. The van der Waals surface area contributed by atoms with Crippen molar-refractivity contribution in [3.63, 3.8) is 0 Å². The van der Waals surface area contributed by atoms with Gasteiger partial charge in [0, 0.05) is 12.1 Å². The lowest BCUT2D eigenvalue weighted by atomic mass is 10.2. The summed E-state index contributed by atoms with van der Waals surface area (Å²) in [6, 6.07) is 3.62.